The summed E-state index contributed by atoms with van der Waals surface area (Å²) in [5, 5.41) is 22.6. The number of aromatic amines is 2. The Hall–Kier alpha value is -7.31. The number of halogens is 2. The summed E-state index contributed by atoms with van der Waals surface area (Å²) in [5.74, 6) is -2.07. The number of likely N-dealkylation sites (tertiary alicyclic amines) is 1. The fraction of sp³-hybridized carbons (Fsp3) is 0.293. The van der Waals surface area contributed by atoms with Crippen LogP contribution in [0.5, 0.6) is 0 Å². The third kappa shape index (κ3) is 7.56. The molecule has 6 aromatic heterocycles. The standard InChI is InChI=1S/C26H30FN7O3.C15H10FN5O2/c1-25(2,3)37-24(36)34-10-8-26(4,9-11-34)31-23(35)17-13-28-22-21(17)30-18(14-29-22)20-16-7-6-15(27)12-19(16)33(5)32-20;1-21-11-4-7(16)2-3-8(11)12(20-21)10-6-18-14-13(19-10)9(5-17-14)15(22)23/h6-7,12-14H,8-11H2,1-5H3,(H,28,29)(H,31,35);2-6H,1H3,(H,17,18)(H,22,23). The summed E-state index contributed by atoms with van der Waals surface area (Å²) in [5.41, 5.74) is 4.15. The van der Waals surface area contributed by atoms with Crippen LogP contribution in [0.2, 0.25) is 0 Å². The molecule has 0 bridgehead atoms. The van der Waals surface area contributed by atoms with Crippen LogP contribution in [0.1, 0.15) is 61.3 Å². The second-order valence-corrected chi connectivity index (χ2v) is 15.9. The van der Waals surface area contributed by atoms with E-state index in [1.165, 1.54) is 36.7 Å². The molecule has 8 aromatic rings. The summed E-state index contributed by atoms with van der Waals surface area (Å²) in [4.78, 5) is 62.1. The maximum absolute atomic E-state index is 13.7. The number of hydrogen-bond donors (Lipinski definition) is 4. The molecular weight excluding hydrogens is 779 g/mol. The molecule has 0 atom stereocenters. The quantitative estimate of drug-likeness (QED) is 0.147. The van der Waals surface area contributed by atoms with Crippen molar-refractivity contribution in [3.05, 3.63) is 83.9 Å². The Bertz CT molecular complexity index is 2990. The van der Waals surface area contributed by atoms with E-state index in [0.717, 1.165) is 10.8 Å². The summed E-state index contributed by atoms with van der Waals surface area (Å²) < 4.78 is 35.8. The van der Waals surface area contributed by atoms with Crippen LogP contribution in [0, 0.1) is 11.6 Å². The molecule has 1 fully saturated rings. The van der Waals surface area contributed by atoms with Gasteiger partial charge in [0.05, 0.1) is 29.0 Å². The SMILES string of the molecule is Cn1nc(-c2cnc3[nH]cc(C(=O)NC4(C)CCN(C(=O)OC(C)(C)C)CC4)c3n2)c2ccc(F)cc21.Cn1nc(-c2cnc3[nH]cc(C(=O)O)c3n2)c2ccc(F)cc21. The van der Waals surface area contributed by atoms with Gasteiger partial charge in [-0.15, -0.1) is 0 Å². The second-order valence-electron chi connectivity index (χ2n) is 15.9. The first-order valence-electron chi connectivity index (χ1n) is 18.9. The molecule has 17 nitrogen and oxygen atoms in total. The highest BCUT2D eigenvalue weighted by Gasteiger charge is 2.35. The summed E-state index contributed by atoms with van der Waals surface area (Å²) >= 11 is 0. The first kappa shape index (κ1) is 39.5. The molecule has 19 heteroatoms. The third-order valence-electron chi connectivity index (χ3n) is 10.3. The molecule has 1 aliphatic rings. The number of carbonyl (C=O) groups is 3. The smallest absolute Gasteiger partial charge is 0.410 e. The van der Waals surface area contributed by atoms with E-state index in [0.29, 0.717) is 82.1 Å². The minimum atomic E-state index is -1.09. The van der Waals surface area contributed by atoms with E-state index in [4.69, 9.17) is 9.72 Å². The van der Waals surface area contributed by atoms with Gasteiger partial charge in [0.15, 0.2) is 11.3 Å². The number of aryl methyl sites for hydroxylation is 2. The molecular formula is C41H40F2N12O5. The number of ether oxygens (including phenoxy) is 1. The predicted octanol–water partition coefficient (Wildman–Crippen LogP) is 6.52. The number of aromatic nitrogens is 10. The lowest BCUT2D eigenvalue weighted by Gasteiger charge is -2.40. The number of rotatable bonds is 5. The largest absolute Gasteiger partial charge is 0.478 e. The Labute approximate surface area is 339 Å². The van der Waals surface area contributed by atoms with Crippen molar-refractivity contribution < 1.29 is 33.0 Å². The van der Waals surface area contributed by atoms with Gasteiger partial charge in [-0.25, -0.2) is 38.3 Å². The number of amides is 2. The maximum atomic E-state index is 13.7. The Kier molecular flexibility index (Phi) is 9.76. The van der Waals surface area contributed by atoms with Gasteiger partial charge in [-0.05, 0) is 76.9 Å². The number of carboxylic acids is 1. The minimum absolute atomic E-state index is 0.0423. The van der Waals surface area contributed by atoms with E-state index >= 15 is 0 Å². The Morgan fingerprint density at radius 1 is 0.800 bits per heavy atom. The van der Waals surface area contributed by atoms with Crippen molar-refractivity contribution in [1.82, 2.24) is 59.7 Å². The van der Waals surface area contributed by atoms with Crippen molar-refractivity contribution in [2.75, 3.05) is 13.1 Å². The summed E-state index contributed by atoms with van der Waals surface area (Å²) in [6.07, 6.45) is 6.87. The van der Waals surface area contributed by atoms with Gasteiger partial charge in [-0.1, -0.05) is 0 Å². The topological polar surface area (TPSA) is 215 Å². The number of carboxylic acid groups (broad SMARTS) is 1. The first-order valence-corrected chi connectivity index (χ1v) is 18.9. The zero-order valence-corrected chi connectivity index (χ0v) is 33.5. The molecule has 9 rings (SSSR count). The van der Waals surface area contributed by atoms with Gasteiger partial charge in [0.2, 0.25) is 0 Å². The molecule has 4 N–H and O–H groups in total. The van der Waals surface area contributed by atoms with Crippen LogP contribution in [0.25, 0.3) is 66.9 Å². The Balaban J connectivity index is 0.000000185. The number of aromatic carboxylic acids is 1. The molecule has 308 valence electrons. The Morgan fingerprint density at radius 2 is 1.28 bits per heavy atom. The van der Waals surface area contributed by atoms with Gasteiger partial charge in [0.25, 0.3) is 5.91 Å². The average Bonchev–Trinajstić information content (AvgIpc) is 3.97. The van der Waals surface area contributed by atoms with Gasteiger partial charge in [-0.3, -0.25) is 14.2 Å². The van der Waals surface area contributed by atoms with Crippen molar-refractivity contribution in [3.8, 4) is 22.8 Å². The van der Waals surface area contributed by atoms with Crippen LogP contribution in [-0.2, 0) is 18.8 Å². The molecule has 60 heavy (non-hydrogen) atoms. The maximum Gasteiger partial charge on any atom is 0.410 e. The lowest BCUT2D eigenvalue weighted by molar-refractivity contribution is 0.0160. The summed E-state index contributed by atoms with van der Waals surface area (Å²) in [7, 11) is 3.44. The number of piperidine rings is 1. The molecule has 0 aliphatic carbocycles. The fourth-order valence-corrected chi connectivity index (χ4v) is 7.16. The zero-order chi connectivity index (χ0) is 42.7. The molecule has 2 aromatic carbocycles. The summed E-state index contributed by atoms with van der Waals surface area (Å²) in [6.45, 7) is 8.46. The number of carbonyl (C=O) groups excluding carboxylic acids is 2. The van der Waals surface area contributed by atoms with E-state index in [1.807, 2.05) is 27.7 Å². The van der Waals surface area contributed by atoms with E-state index in [1.54, 1.807) is 52.9 Å². The van der Waals surface area contributed by atoms with Gasteiger partial charge in [0, 0.05) is 55.9 Å². The normalized spacial score (nSPS) is 14.1. The molecule has 1 aliphatic heterocycles. The number of nitrogens with one attached hydrogen (secondary N) is 3. The van der Waals surface area contributed by atoms with Gasteiger partial charge < -0.3 is 30.0 Å². The minimum Gasteiger partial charge on any atom is -0.478 e. The molecule has 2 amide bonds. The van der Waals surface area contributed by atoms with E-state index in [9.17, 15) is 28.3 Å². The van der Waals surface area contributed by atoms with Crippen molar-refractivity contribution in [1.29, 1.82) is 0 Å². The van der Waals surface area contributed by atoms with Crippen molar-refractivity contribution in [2.45, 2.75) is 51.7 Å². The molecule has 0 radical (unpaired) electrons. The average molecular weight is 819 g/mol. The molecule has 1 saturated heterocycles. The molecule has 0 unspecified atom stereocenters. The molecule has 7 heterocycles. The predicted molar refractivity (Wildman–Crippen MR) is 217 cm³/mol. The Morgan fingerprint density at radius 3 is 1.77 bits per heavy atom. The van der Waals surface area contributed by atoms with Crippen LogP contribution in [0.15, 0.2) is 61.2 Å². The number of benzene rings is 2. The van der Waals surface area contributed by atoms with Crippen LogP contribution < -0.4 is 5.32 Å². The number of hydrogen-bond acceptors (Lipinski definition) is 10. The highest BCUT2D eigenvalue weighted by Crippen LogP contribution is 2.31. The first-order chi connectivity index (χ1) is 28.5. The number of H-pyrrole nitrogens is 2. The zero-order valence-electron chi connectivity index (χ0n) is 33.5. The third-order valence-corrected chi connectivity index (χ3v) is 10.3. The van der Waals surface area contributed by atoms with E-state index in [2.05, 4.69) is 40.4 Å². The monoisotopic (exact) mass is 818 g/mol. The molecule has 0 saturated carbocycles. The second kappa shape index (κ2) is 14.8. The van der Waals surface area contributed by atoms with Crippen molar-refractivity contribution in [3.63, 3.8) is 0 Å². The van der Waals surface area contributed by atoms with Crippen molar-refractivity contribution in [2.24, 2.45) is 14.1 Å². The van der Waals surface area contributed by atoms with Gasteiger partial charge in [0.1, 0.15) is 56.6 Å². The summed E-state index contributed by atoms with van der Waals surface area (Å²) in [6, 6.07) is 8.81. The number of fused-ring (bicyclic) bond motifs is 4. The lowest BCUT2D eigenvalue weighted by atomic mass is 9.89. The van der Waals surface area contributed by atoms with Crippen LogP contribution in [-0.4, -0.2) is 102 Å². The molecule has 0 spiro atoms. The van der Waals surface area contributed by atoms with Crippen molar-refractivity contribution >= 4 is 62.1 Å². The van der Waals surface area contributed by atoms with E-state index < -0.39 is 17.1 Å². The van der Waals surface area contributed by atoms with Gasteiger partial charge in [-0.2, -0.15) is 10.2 Å². The van der Waals surface area contributed by atoms with Crippen LogP contribution in [0.3, 0.4) is 0 Å². The lowest BCUT2D eigenvalue weighted by Crippen LogP contribution is -2.54. The highest BCUT2D eigenvalue weighted by molar-refractivity contribution is 6.05. The van der Waals surface area contributed by atoms with Crippen LogP contribution in [0.4, 0.5) is 13.6 Å². The van der Waals surface area contributed by atoms with Gasteiger partial charge >= 0.3 is 12.1 Å². The highest BCUT2D eigenvalue weighted by atomic mass is 19.1. The van der Waals surface area contributed by atoms with Crippen LogP contribution >= 0.6 is 0 Å². The number of nitrogens with zero attached hydrogens (tertiary/aromatic N) is 9. The van der Waals surface area contributed by atoms with E-state index in [-0.39, 0.29) is 34.7 Å². The fourth-order valence-electron chi connectivity index (χ4n) is 7.16.